The molecule has 2 rings (SSSR count). The number of carbonyl (C=O) groups is 2. The minimum atomic E-state index is -0.380. The second kappa shape index (κ2) is 5.34. The molecular formula is C12H14N2O3. The van der Waals surface area contributed by atoms with Gasteiger partial charge in [-0.15, -0.1) is 0 Å². The van der Waals surface area contributed by atoms with Crippen LogP contribution in [0.15, 0.2) is 35.2 Å². The highest BCUT2D eigenvalue weighted by atomic mass is 16.3. The van der Waals surface area contributed by atoms with Crippen molar-refractivity contribution in [3.63, 3.8) is 0 Å². The summed E-state index contributed by atoms with van der Waals surface area (Å²) in [4.78, 5) is 22.9. The van der Waals surface area contributed by atoms with Crippen LogP contribution < -0.4 is 10.9 Å². The van der Waals surface area contributed by atoms with Crippen LogP contribution in [0.2, 0.25) is 0 Å². The predicted molar refractivity (Wildman–Crippen MR) is 60.8 cm³/mol. The van der Waals surface area contributed by atoms with E-state index in [-0.39, 0.29) is 11.8 Å². The van der Waals surface area contributed by atoms with Crippen LogP contribution >= 0.6 is 0 Å². The van der Waals surface area contributed by atoms with Crippen LogP contribution in [0, 0.1) is 5.92 Å². The van der Waals surface area contributed by atoms with E-state index in [1.54, 1.807) is 0 Å². The largest absolute Gasteiger partial charge is 0.472 e. The molecule has 17 heavy (non-hydrogen) atoms. The van der Waals surface area contributed by atoms with Gasteiger partial charge in [0.25, 0.3) is 5.91 Å². The van der Waals surface area contributed by atoms with Crippen LogP contribution in [0.25, 0.3) is 0 Å². The Bertz CT molecular complexity index is 423. The molecule has 1 aliphatic rings. The topological polar surface area (TPSA) is 71.3 Å². The molecule has 1 atom stereocenters. The van der Waals surface area contributed by atoms with Gasteiger partial charge in [-0.05, 0) is 24.8 Å². The Morgan fingerprint density at radius 2 is 2.29 bits per heavy atom. The molecule has 0 aliphatic heterocycles. The third-order valence-corrected chi connectivity index (χ3v) is 2.66. The van der Waals surface area contributed by atoms with E-state index < -0.39 is 0 Å². The van der Waals surface area contributed by atoms with E-state index in [1.165, 1.54) is 18.6 Å². The molecule has 5 heteroatoms. The fraction of sp³-hybridized carbons (Fsp3) is 0.333. The van der Waals surface area contributed by atoms with Crippen molar-refractivity contribution in [2.75, 3.05) is 0 Å². The van der Waals surface area contributed by atoms with Crippen LogP contribution in [-0.2, 0) is 4.79 Å². The molecule has 0 saturated heterocycles. The molecule has 0 radical (unpaired) electrons. The summed E-state index contributed by atoms with van der Waals surface area (Å²) >= 11 is 0. The molecular weight excluding hydrogens is 220 g/mol. The van der Waals surface area contributed by atoms with Crippen molar-refractivity contribution in [3.05, 3.63) is 36.3 Å². The first kappa shape index (κ1) is 11.4. The zero-order valence-corrected chi connectivity index (χ0v) is 9.31. The molecule has 2 amide bonds. The highest BCUT2D eigenvalue weighted by Crippen LogP contribution is 2.19. The second-order valence-electron chi connectivity index (χ2n) is 3.98. The normalized spacial score (nSPS) is 18.0. The van der Waals surface area contributed by atoms with E-state index in [0.717, 1.165) is 12.8 Å². The lowest BCUT2D eigenvalue weighted by molar-refractivity contribution is -0.122. The minimum absolute atomic E-state index is 0.182. The summed E-state index contributed by atoms with van der Waals surface area (Å²) in [5.74, 6) is -0.270. The third-order valence-electron chi connectivity index (χ3n) is 2.66. The number of hydrazine groups is 1. The first-order chi connectivity index (χ1) is 8.25. The summed E-state index contributed by atoms with van der Waals surface area (Å²) in [5.41, 5.74) is 5.10. The van der Waals surface area contributed by atoms with Gasteiger partial charge < -0.3 is 4.42 Å². The summed E-state index contributed by atoms with van der Waals surface area (Å²) in [5, 5.41) is 0. The van der Waals surface area contributed by atoms with Crippen molar-refractivity contribution in [1.82, 2.24) is 10.9 Å². The Hall–Kier alpha value is -2.04. The van der Waals surface area contributed by atoms with Crippen LogP contribution in [0.4, 0.5) is 0 Å². The van der Waals surface area contributed by atoms with Gasteiger partial charge in [-0.2, -0.15) is 0 Å². The average molecular weight is 234 g/mol. The molecule has 0 spiro atoms. The Kier molecular flexibility index (Phi) is 3.59. The minimum Gasteiger partial charge on any atom is -0.472 e. The van der Waals surface area contributed by atoms with Gasteiger partial charge in [0.2, 0.25) is 5.91 Å². The SMILES string of the molecule is O=C(CC1C=CCC1)NNC(=O)c1ccoc1. The van der Waals surface area contributed by atoms with Gasteiger partial charge in [0.1, 0.15) is 6.26 Å². The second-order valence-corrected chi connectivity index (χ2v) is 3.98. The smallest absolute Gasteiger partial charge is 0.272 e. The molecule has 0 fully saturated rings. The number of furan rings is 1. The summed E-state index contributed by atoms with van der Waals surface area (Å²) < 4.78 is 4.77. The van der Waals surface area contributed by atoms with Crippen LogP contribution in [0.3, 0.4) is 0 Å². The van der Waals surface area contributed by atoms with Crippen molar-refractivity contribution >= 4 is 11.8 Å². The number of hydrogen-bond donors (Lipinski definition) is 2. The van der Waals surface area contributed by atoms with Crippen LogP contribution in [0.5, 0.6) is 0 Å². The molecule has 90 valence electrons. The van der Waals surface area contributed by atoms with Gasteiger partial charge in [-0.25, -0.2) is 0 Å². The molecule has 1 aliphatic carbocycles. The van der Waals surface area contributed by atoms with Crippen LogP contribution in [-0.4, -0.2) is 11.8 Å². The van der Waals surface area contributed by atoms with Gasteiger partial charge >= 0.3 is 0 Å². The van der Waals surface area contributed by atoms with E-state index in [2.05, 4.69) is 16.9 Å². The number of rotatable bonds is 3. The predicted octanol–water partition coefficient (Wildman–Crippen LogP) is 1.40. The lowest BCUT2D eigenvalue weighted by Crippen LogP contribution is -2.41. The monoisotopic (exact) mass is 234 g/mol. The summed E-state index contributed by atoms with van der Waals surface area (Å²) in [6, 6.07) is 1.53. The zero-order chi connectivity index (χ0) is 12.1. The van der Waals surface area contributed by atoms with Gasteiger partial charge in [-0.1, -0.05) is 12.2 Å². The molecule has 1 aromatic rings. The third kappa shape index (κ3) is 3.21. The Morgan fingerprint density at radius 3 is 2.94 bits per heavy atom. The molecule has 5 nitrogen and oxygen atoms in total. The summed E-state index contributed by atoms with van der Waals surface area (Å²) in [7, 11) is 0. The first-order valence-electron chi connectivity index (χ1n) is 5.54. The zero-order valence-electron chi connectivity index (χ0n) is 9.31. The number of nitrogens with one attached hydrogen (secondary N) is 2. The van der Waals surface area contributed by atoms with Crippen molar-refractivity contribution in [2.45, 2.75) is 19.3 Å². The molecule has 0 bridgehead atoms. The number of hydrogen-bond acceptors (Lipinski definition) is 3. The fourth-order valence-corrected chi connectivity index (χ4v) is 1.75. The molecule has 1 unspecified atom stereocenters. The Morgan fingerprint density at radius 1 is 1.41 bits per heavy atom. The van der Waals surface area contributed by atoms with Crippen molar-refractivity contribution in [2.24, 2.45) is 5.92 Å². The van der Waals surface area contributed by atoms with Crippen molar-refractivity contribution < 1.29 is 14.0 Å². The number of amides is 2. The number of allylic oxidation sites excluding steroid dienone is 2. The van der Waals surface area contributed by atoms with Gasteiger partial charge in [0, 0.05) is 6.42 Å². The summed E-state index contributed by atoms with van der Waals surface area (Å²) in [6.07, 6.45) is 9.27. The van der Waals surface area contributed by atoms with Gasteiger partial charge in [0.05, 0.1) is 11.8 Å². The van der Waals surface area contributed by atoms with E-state index in [0.29, 0.717) is 17.9 Å². The van der Waals surface area contributed by atoms with Crippen LogP contribution in [0.1, 0.15) is 29.6 Å². The summed E-state index contributed by atoms with van der Waals surface area (Å²) in [6.45, 7) is 0. The number of carbonyl (C=O) groups excluding carboxylic acids is 2. The Balaban J connectivity index is 1.72. The quantitative estimate of drug-likeness (QED) is 0.613. The lowest BCUT2D eigenvalue weighted by Gasteiger charge is -2.09. The maximum Gasteiger partial charge on any atom is 0.272 e. The van der Waals surface area contributed by atoms with Crippen molar-refractivity contribution in [3.8, 4) is 0 Å². The van der Waals surface area contributed by atoms with Crippen molar-refractivity contribution in [1.29, 1.82) is 0 Å². The molecule has 2 N–H and O–H groups in total. The lowest BCUT2D eigenvalue weighted by atomic mass is 10.1. The highest BCUT2D eigenvalue weighted by molar-refractivity contribution is 5.94. The standard InChI is InChI=1S/C12H14N2O3/c15-11(7-9-3-1-2-4-9)13-14-12(16)10-5-6-17-8-10/h1,3,5-6,8-9H,2,4,7H2,(H,13,15)(H,14,16). The van der Waals surface area contributed by atoms with E-state index in [1.807, 2.05) is 6.08 Å². The van der Waals surface area contributed by atoms with Gasteiger partial charge in [-0.3, -0.25) is 20.4 Å². The van der Waals surface area contributed by atoms with Gasteiger partial charge in [0.15, 0.2) is 0 Å². The fourth-order valence-electron chi connectivity index (χ4n) is 1.75. The maximum atomic E-state index is 11.5. The van der Waals surface area contributed by atoms with E-state index >= 15 is 0 Å². The molecule has 1 heterocycles. The Labute approximate surface area is 98.8 Å². The molecule has 0 aromatic carbocycles. The maximum absolute atomic E-state index is 11.5. The van der Waals surface area contributed by atoms with E-state index in [4.69, 9.17) is 4.42 Å². The first-order valence-corrected chi connectivity index (χ1v) is 5.54. The average Bonchev–Trinajstić information content (AvgIpc) is 2.97. The molecule has 0 saturated carbocycles. The van der Waals surface area contributed by atoms with E-state index in [9.17, 15) is 9.59 Å². The molecule has 1 aromatic heterocycles. The highest BCUT2D eigenvalue weighted by Gasteiger charge is 2.14.